The van der Waals surface area contributed by atoms with Crippen molar-refractivity contribution < 1.29 is 5.21 Å². The van der Waals surface area contributed by atoms with Gasteiger partial charge in [-0.15, -0.1) is 5.16 Å². The average molecular weight is 193 g/mol. The highest BCUT2D eigenvalue weighted by atomic mass is 16.4. The summed E-state index contributed by atoms with van der Waals surface area (Å²) in [6.45, 7) is 3.91. The Labute approximate surface area is 83.7 Å². The molecule has 4 nitrogen and oxygen atoms in total. The summed E-state index contributed by atoms with van der Waals surface area (Å²) >= 11 is 0. The van der Waals surface area contributed by atoms with E-state index in [2.05, 4.69) is 15.5 Å². The number of hydrogen-bond acceptors (Lipinski definition) is 4. The van der Waals surface area contributed by atoms with Gasteiger partial charge < -0.3 is 10.5 Å². The van der Waals surface area contributed by atoms with Crippen LogP contribution in [0.3, 0.4) is 0 Å². The molecule has 0 radical (unpaired) electrons. The maximum atomic E-state index is 8.40. The molecule has 14 heavy (non-hydrogen) atoms. The molecular weight excluding hydrogens is 178 g/mol. The fourth-order valence-corrected chi connectivity index (χ4v) is 1.24. The Kier molecular flexibility index (Phi) is 3.91. The van der Waals surface area contributed by atoms with Gasteiger partial charge in [-0.1, -0.05) is 19.1 Å². The number of nitrogens with one attached hydrogen (secondary N) is 1. The van der Waals surface area contributed by atoms with Gasteiger partial charge in [-0.25, -0.2) is 0 Å². The van der Waals surface area contributed by atoms with Gasteiger partial charge in [-0.05, 0) is 13.0 Å². The predicted octanol–water partition coefficient (Wildman–Crippen LogP) is 1.54. The molecule has 0 aromatic rings. The highest BCUT2D eigenvalue weighted by molar-refractivity contribution is 5.68. The molecule has 0 spiro atoms. The topological polar surface area (TPSA) is 57.0 Å². The first kappa shape index (κ1) is 10.5. The molecule has 0 saturated heterocycles. The van der Waals surface area contributed by atoms with Gasteiger partial charge >= 0.3 is 0 Å². The maximum Gasteiger partial charge on any atom is 0.0898 e. The Morgan fingerprint density at radius 2 is 2.50 bits per heavy atom. The lowest BCUT2D eigenvalue weighted by atomic mass is 10.1. The number of hydrogen-bond donors (Lipinski definition) is 2. The lowest BCUT2D eigenvalue weighted by molar-refractivity contribution is 0.319. The largest absolute Gasteiger partial charge is 0.411 e. The fraction of sp³-hybridized carbons (Fsp3) is 0.400. The summed E-state index contributed by atoms with van der Waals surface area (Å²) in [7, 11) is 0. The number of rotatable bonds is 3. The Morgan fingerprint density at radius 3 is 3.14 bits per heavy atom. The summed E-state index contributed by atoms with van der Waals surface area (Å²) in [6, 6.07) is 0.0887. The normalized spacial score (nSPS) is 23.9. The van der Waals surface area contributed by atoms with Crippen molar-refractivity contribution in [3.8, 4) is 0 Å². The second kappa shape index (κ2) is 5.21. The highest BCUT2D eigenvalue weighted by Crippen LogP contribution is 2.11. The Morgan fingerprint density at radius 1 is 1.71 bits per heavy atom. The Hall–Kier alpha value is -1.58. The van der Waals surface area contributed by atoms with Crippen LogP contribution in [0.5, 0.6) is 0 Å². The molecule has 1 aliphatic rings. The molecule has 0 aromatic heterocycles. The van der Waals surface area contributed by atoms with Crippen molar-refractivity contribution in [1.82, 2.24) is 5.32 Å². The SMILES string of the molecule is C/C=C\C1C=C(C(C)/C=N\O)NC=N1. The van der Waals surface area contributed by atoms with Gasteiger partial charge in [0, 0.05) is 11.6 Å². The van der Waals surface area contributed by atoms with Crippen LogP contribution in [0.1, 0.15) is 13.8 Å². The van der Waals surface area contributed by atoms with Gasteiger partial charge in [-0.3, -0.25) is 4.99 Å². The molecule has 0 aliphatic carbocycles. The minimum atomic E-state index is 0.0690. The minimum Gasteiger partial charge on any atom is -0.411 e. The van der Waals surface area contributed by atoms with Gasteiger partial charge in [0.15, 0.2) is 0 Å². The third-order valence-electron chi connectivity index (χ3n) is 2.00. The Balaban J connectivity index is 2.70. The second-order valence-electron chi connectivity index (χ2n) is 3.11. The summed E-state index contributed by atoms with van der Waals surface area (Å²) < 4.78 is 0. The molecule has 0 saturated carbocycles. The van der Waals surface area contributed by atoms with Crippen LogP contribution < -0.4 is 5.32 Å². The first-order valence-corrected chi connectivity index (χ1v) is 4.58. The molecule has 2 N–H and O–H groups in total. The van der Waals surface area contributed by atoms with Crippen LogP contribution in [-0.4, -0.2) is 23.8 Å². The first-order valence-electron chi connectivity index (χ1n) is 4.58. The Bertz CT molecular complexity index is 290. The van der Waals surface area contributed by atoms with Crippen molar-refractivity contribution >= 4 is 12.6 Å². The van der Waals surface area contributed by atoms with E-state index in [-0.39, 0.29) is 12.0 Å². The van der Waals surface area contributed by atoms with Gasteiger partial charge in [0.1, 0.15) is 0 Å². The minimum absolute atomic E-state index is 0.0690. The number of allylic oxidation sites excluding steroid dienone is 2. The van der Waals surface area contributed by atoms with E-state index in [1.54, 1.807) is 6.34 Å². The number of oxime groups is 1. The van der Waals surface area contributed by atoms with Crippen LogP contribution >= 0.6 is 0 Å². The monoisotopic (exact) mass is 193 g/mol. The second-order valence-corrected chi connectivity index (χ2v) is 3.11. The summed E-state index contributed by atoms with van der Waals surface area (Å²) in [6.07, 6.45) is 9.12. The molecule has 0 aromatic carbocycles. The summed E-state index contributed by atoms with van der Waals surface area (Å²) in [5, 5.41) is 14.4. The van der Waals surface area contributed by atoms with Crippen molar-refractivity contribution in [1.29, 1.82) is 0 Å². The number of aliphatic imine (C=N–C) groups is 1. The van der Waals surface area contributed by atoms with Gasteiger partial charge in [0.25, 0.3) is 0 Å². The first-order chi connectivity index (χ1) is 6.77. The van der Waals surface area contributed by atoms with Gasteiger partial charge in [0.2, 0.25) is 0 Å². The predicted molar refractivity (Wildman–Crippen MR) is 57.8 cm³/mol. The lowest BCUT2D eigenvalue weighted by Crippen LogP contribution is -2.24. The summed E-state index contributed by atoms with van der Waals surface area (Å²) in [5.41, 5.74) is 1.00. The van der Waals surface area contributed by atoms with Crippen LogP contribution in [0.2, 0.25) is 0 Å². The van der Waals surface area contributed by atoms with E-state index in [0.29, 0.717) is 0 Å². The molecular formula is C10H15N3O. The quantitative estimate of drug-likeness (QED) is 0.309. The van der Waals surface area contributed by atoms with E-state index in [1.165, 1.54) is 6.21 Å². The maximum absolute atomic E-state index is 8.40. The number of nitrogens with zero attached hydrogens (tertiary/aromatic N) is 2. The fourth-order valence-electron chi connectivity index (χ4n) is 1.24. The van der Waals surface area contributed by atoms with E-state index in [1.807, 2.05) is 32.1 Å². The lowest BCUT2D eigenvalue weighted by Gasteiger charge is -2.17. The molecule has 2 unspecified atom stereocenters. The van der Waals surface area contributed by atoms with Crippen LogP contribution in [0.25, 0.3) is 0 Å². The zero-order chi connectivity index (χ0) is 10.4. The van der Waals surface area contributed by atoms with Crippen LogP contribution in [0.15, 0.2) is 34.1 Å². The smallest absolute Gasteiger partial charge is 0.0898 e. The molecule has 0 fully saturated rings. The van der Waals surface area contributed by atoms with Crippen molar-refractivity contribution in [2.45, 2.75) is 19.9 Å². The third-order valence-corrected chi connectivity index (χ3v) is 2.00. The zero-order valence-corrected chi connectivity index (χ0v) is 8.38. The van der Waals surface area contributed by atoms with Crippen LogP contribution in [0.4, 0.5) is 0 Å². The van der Waals surface area contributed by atoms with Crippen LogP contribution in [0, 0.1) is 5.92 Å². The molecule has 0 amide bonds. The molecule has 4 heteroatoms. The summed E-state index contributed by atoms with van der Waals surface area (Å²) in [4.78, 5) is 4.21. The van der Waals surface area contributed by atoms with E-state index < -0.39 is 0 Å². The molecule has 76 valence electrons. The zero-order valence-electron chi connectivity index (χ0n) is 8.38. The van der Waals surface area contributed by atoms with E-state index >= 15 is 0 Å². The van der Waals surface area contributed by atoms with E-state index in [0.717, 1.165) is 5.70 Å². The van der Waals surface area contributed by atoms with Gasteiger partial charge in [-0.2, -0.15) is 0 Å². The highest BCUT2D eigenvalue weighted by Gasteiger charge is 2.10. The van der Waals surface area contributed by atoms with Crippen molar-refractivity contribution in [3.05, 3.63) is 23.9 Å². The van der Waals surface area contributed by atoms with Crippen LogP contribution in [-0.2, 0) is 0 Å². The standard InChI is InChI=1S/C10H15N3O/c1-3-4-9-5-10(12-7-11-9)8(2)6-13-14/h3-9,14H,1-2H3,(H,11,12)/b4-3-,13-6-. The molecule has 0 bridgehead atoms. The van der Waals surface area contributed by atoms with E-state index in [4.69, 9.17) is 5.21 Å². The van der Waals surface area contributed by atoms with Crippen molar-refractivity contribution in [2.75, 3.05) is 0 Å². The van der Waals surface area contributed by atoms with Crippen molar-refractivity contribution in [2.24, 2.45) is 16.1 Å². The van der Waals surface area contributed by atoms with Crippen molar-refractivity contribution in [3.63, 3.8) is 0 Å². The summed E-state index contributed by atoms with van der Waals surface area (Å²) in [5.74, 6) is 0.0690. The molecule has 1 heterocycles. The third kappa shape index (κ3) is 2.73. The average Bonchev–Trinajstić information content (AvgIpc) is 2.19. The molecule has 2 atom stereocenters. The molecule has 1 rings (SSSR count). The van der Waals surface area contributed by atoms with E-state index in [9.17, 15) is 0 Å². The molecule has 1 aliphatic heterocycles. The van der Waals surface area contributed by atoms with Gasteiger partial charge in [0.05, 0.1) is 18.6 Å².